The van der Waals surface area contributed by atoms with E-state index in [4.69, 9.17) is 5.73 Å². The molecule has 1 aromatic heterocycles. The van der Waals surface area contributed by atoms with Crippen LogP contribution < -0.4 is 11.1 Å². The summed E-state index contributed by atoms with van der Waals surface area (Å²) in [4.78, 5) is 7.49. The van der Waals surface area contributed by atoms with E-state index in [2.05, 4.69) is 15.3 Å². The number of aliphatic hydroxyl groups excluding tert-OH is 1. The summed E-state index contributed by atoms with van der Waals surface area (Å²) in [6.07, 6.45) is -6.14. The van der Waals surface area contributed by atoms with E-state index in [1.54, 1.807) is 24.3 Å². The summed E-state index contributed by atoms with van der Waals surface area (Å²) in [5.74, 6) is 0.568. The Kier molecular flexibility index (Phi) is 4.77. The summed E-state index contributed by atoms with van der Waals surface area (Å²) in [6, 6.07) is 11.7. The maximum absolute atomic E-state index is 13.1. The van der Waals surface area contributed by atoms with Crippen molar-refractivity contribution in [1.82, 2.24) is 9.97 Å². The second kappa shape index (κ2) is 6.77. The number of hydrogen-bond acceptors (Lipinski definition) is 4. The van der Waals surface area contributed by atoms with E-state index in [-0.39, 0.29) is 5.56 Å². The van der Waals surface area contributed by atoms with Gasteiger partial charge in [0, 0.05) is 12.2 Å². The monoisotopic (exact) mass is 378 g/mol. The number of H-pyrrole nitrogens is 1. The number of nitrogens with one attached hydrogen (secondary N) is 2. The van der Waals surface area contributed by atoms with Crippen LogP contribution in [0.4, 0.5) is 24.8 Å². The van der Waals surface area contributed by atoms with Crippen LogP contribution in [0.25, 0.3) is 11.0 Å². The molecule has 5 N–H and O–H groups in total. The molecule has 0 bridgehead atoms. The molecule has 0 aliphatic rings. The number of aliphatic hydroxyl groups is 1. The van der Waals surface area contributed by atoms with E-state index in [9.17, 15) is 18.3 Å². The van der Waals surface area contributed by atoms with Crippen LogP contribution in [0.2, 0.25) is 0 Å². The highest BCUT2D eigenvalue weighted by Gasteiger charge is 2.52. The van der Waals surface area contributed by atoms with Crippen molar-refractivity contribution < 1.29 is 18.3 Å². The topological polar surface area (TPSA) is 87.0 Å². The molecule has 27 heavy (non-hydrogen) atoms. The third-order valence-corrected chi connectivity index (χ3v) is 4.68. The summed E-state index contributed by atoms with van der Waals surface area (Å²) >= 11 is 0. The second-order valence-electron chi connectivity index (χ2n) is 7.08. The zero-order valence-corrected chi connectivity index (χ0v) is 14.9. The molecule has 2 aromatic carbocycles. The van der Waals surface area contributed by atoms with Crippen molar-refractivity contribution >= 4 is 22.7 Å². The highest BCUT2D eigenvalue weighted by molar-refractivity contribution is 5.80. The molecule has 5 nitrogen and oxygen atoms in total. The van der Waals surface area contributed by atoms with Crippen LogP contribution in [0, 0.1) is 5.41 Å². The minimum Gasteiger partial charge on any atom is -0.399 e. The van der Waals surface area contributed by atoms with Crippen molar-refractivity contribution in [2.75, 3.05) is 11.1 Å². The van der Waals surface area contributed by atoms with Gasteiger partial charge in [-0.3, -0.25) is 0 Å². The molecule has 3 rings (SSSR count). The van der Waals surface area contributed by atoms with E-state index in [0.717, 1.165) is 30.4 Å². The van der Waals surface area contributed by atoms with Crippen LogP contribution in [-0.2, 0) is 6.54 Å². The summed E-state index contributed by atoms with van der Waals surface area (Å²) in [6.45, 7) is 2.40. The molecule has 0 aliphatic heterocycles. The number of rotatable bonds is 5. The Balaban J connectivity index is 1.68. The lowest BCUT2D eigenvalue weighted by Crippen LogP contribution is -2.37. The average Bonchev–Trinajstić information content (AvgIpc) is 3.00. The van der Waals surface area contributed by atoms with Crippen molar-refractivity contribution in [3.8, 4) is 0 Å². The lowest BCUT2D eigenvalue weighted by molar-refractivity contribution is -0.243. The smallest absolute Gasteiger partial charge is 0.396 e. The molecule has 0 fully saturated rings. The number of imidazole rings is 1. The van der Waals surface area contributed by atoms with Gasteiger partial charge < -0.3 is 21.1 Å². The number of benzene rings is 2. The number of hydrogen-bond donors (Lipinski definition) is 4. The third kappa shape index (κ3) is 3.85. The number of alkyl halides is 3. The predicted octanol–water partition coefficient (Wildman–Crippen LogP) is 4.38. The Hall–Kier alpha value is -2.74. The number of anilines is 2. The zero-order valence-electron chi connectivity index (χ0n) is 14.9. The van der Waals surface area contributed by atoms with Crippen LogP contribution in [0.3, 0.4) is 0 Å². The Bertz CT molecular complexity index is 932. The van der Waals surface area contributed by atoms with E-state index >= 15 is 0 Å². The van der Waals surface area contributed by atoms with Crippen molar-refractivity contribution in [3.63, 3.8) is 0 Å². The molecule has 0 spiro atoms. The molecule has 0 saturated heterocycles. The molecule has 1 atom stereocenters. The molecule has 3 aromatic rings. The zero-order chi connectivity index (χ0) is 19.8. The minimum atomic E-state index is -4.50. The predicted molar refractivity (Wildman–Crippen MR) is 99.1 cm³/mol. The van der Waals surface area contributed by atoms with E-state index in [0.29, 0.717) is 18.2 Å². The standard InChI is InChI=1S/C19H21F3N4O/c1-18(2,19(20,21)22)16(27)12-5-3-11(4-6-12)10-24-17-25-14-8-7-13(23)9-15(14)26-17/h3-9,16,27H,10,23H2,1-2H3,(H2,24,25,26). The number of aromatic amines is 1. The number of fused-ring (bicyclic) bond motifs is 1. The quantitative estimate of drug-likeness (QED) is 0.496. The largest absolute Gasteiger partial charge is 0.399 e. The first kappa shape index (κ1) is 19.0. The van der Waals surface area contributed by atoms with Gasteiger partial charge in [0.25, 0.3) is 0 Å². The summed E-state index contributed by atoms with van der Waals surface area (Å²) in [5, 5.41) is 13.2. The highest BCUT2D eigenvalue weighted by Crippen LogP contribution is 2.46. The molecule has 0 aliphatic carbocycles. The molecular formula is C19H21F3N4O. The van der Waals surface area contributed by atoms with Gasteiger partial charge in [-0.1, -0.05) is 24.3 Å². The summed E-state index contributed by atoms with van der Waals surface area (Å²) in [7, 11) is 0. The van der Waals surface area contributed by atoms with Gasteiger partial charge in [0.05, 0.1) is 22.6 Å². The maximum atomic E-state index is 13.1. The molecule has 0 saturated carbocycles. The maximum Gasteiger partial charge on any atom is 0.396 e. The van der Waals surface area contributed by atoms with Gasteiger partial charge in [0.1, 0.15) is 0 Å². The van der Waals surface area contributed by atoms with Gasteiger partial charge >= 0.3 is 6.18 Å². The van der Waals surface area contributed by atoms with Crippen molar-refractivity contribution in [1.29, 1.82) is 0 Å². The number of nitrogens with two attached hydrogens (primary N) is 1. The normalized spacial score (nSPS) is 13.7. The number of nitrogen functional groups attached to an aromatic ring is 1. The summed E-state index contributed by atoms with van der Waals surface area (Å²) in [5.41, 5.74) is 6.79. The molecule has 1 unspecified atom stereocenters. The highest BCUT2D eigenvalue weighted by atomic mass is 19.4. The summed E-state index contributed by atoms with van der Waals surface area (Å²) < 4.78 is 39.2. The Morgan fingerprint density at radius 2 is 1.81 bits per heavy atom. The van der Waals surface area contributed by atoms with Gasteiger partial charge in [0.2, 0.25) is 5.95 Å². The van der Waals surface area contributed by atoms with Crippen LogP contribution >= 0.6 is 0 Å². The molecule has 1 heterocycles. The Morgan fingerprint density at radius 3 is 2.44 bits per heavy atom. The first-order chi connectivity index (χ1) is 12.6. The van der Waals surface area contributed by atoms with Gasteiger partial charge in [-0.25, -0.2) is 4.98 Å². The van der Waals surface area contributed by atoms with Gasteiger partial charge in [-0.15, -0.1) is 0 Å². The van der Waals surface area contributed by atoms with Crippen LogP contribution in [-0.4, -0.2) is 21.3 Å². The number of aromatic nitrogens is 2. The number of nitrogens with zero attached hydrogens (tertiary/aromatic N) is 1. The second-order valence-corrected chi connectivity index (χ2v) is 7.08. The fraction of sp³-hybridized carbons (Fsp3) is 0.316. The SMILES string of the molecule is CC(C)(C(O)c1ccc(CNc2nc3ccc(N)cc3[nH]2)cc1)C(F)(F)F. The van der Waals surface area contributed by atoms with E-state index in [1.807, 2.05) is 6.07 Å². The molecular weight excluding hydrogens is 357 g/mol. The van der Waals surface area contributed by atoms with Crippen molar-refractivity contribution in [3.05, 3.63) is 53.6 Å². The van der Waals surface area contributed by atoms with Crippen LogP contribution in [0.1, 0.15) is 31.1 Å². The number of halogens is 3. The molecule has 8 heteroatoms. The van der Waals surface area contributed by atoms with Gasteiger partial charge in [-0.05, 0) is 43.2 Å². The van der Waals surface area contributed by atoms with Crippen molar-refractivity contribution in [2.24, 2.45) is 5.41 Å². The van der Waals surface area contributed by atoms with E-state index < -0.39 is 17.7 Å². The third-order valence-electron chi connectivity index (χ3n) is 4.68. The molecule has 0 amide bonds. The fourth-order valence-electron chi connectivity index (χ4n) is 2.69. The van der Waals surface area contributed by atoms with Gasteiger partial charge in [-0.2, -0.15) is 13.2 Å². The van der Waals surface area contributed by atoms with E-state index in [1.165, 1.54) is 12.1 Å². The van der Waals surface area contributed by atoms with Crippen LogP contribution in [0.5, 0.6) is 0 Å². The first-order valence-electron chi connectivity index (χ1n) is 8.40. The lowest BCUT2D eigenvalue weighted by atomic mass is 9.82. The lowest BCUT2D eigenvalue weighted by Gasteiger charge is -2.33. The first-order valence-corrected chi connectivity index (χ1v) is 8.40. The Labute approximate surface area is 154 Å². The minimum absolute atomic E-state index is 0.222. The Morgan fingerprint density at radius 1 is 1.15 bits per heavy atom. The average molecular weight is 378 g/mol. The van der Waals surface area contributed by atoms with Crippen molar-refractivity contribution in [2.45, 2.75) is 32.7 Å². The van der Waals surface area contributed by atoms with Crippen LogP contribution in [0.15, 0.2) is 42.5 Å². The molecule has 0 radical (unpaired) electrons. The van der Waals surface area contributed by atoms with Gasteiger partial charge in [0.15, 0.2) is 0 Å². The fourth-order valence-corrected chi connectivity index (χ4v) is 2.69. The molecule has 144 valence electrons.